The molecule has 0 saturated carbocycles. The molecule has 0 saturated heterocycles. The zero-order chi connectivity index (χ0) is 19.8. The Hall–Kier alpha value is -3.16. The summed E-state index contributed by atoms with van der Waals surface area (Å²) in [5, 5.41) is 2.60. The second-order valence-corrected chi connectivity index (χ2v) is 5.61. The van der Waals surface area contributed by atoms with Crippen molar-refractivity contribution in [3.63, 3.8) is 0 Å². The van der Waals surface area contributed by atoms with Crippen molar-refractivity contribution in [1.29, 1.82) is 0 Å². The number of carbonyl (C=O) groups excluding carboxylic acids is 3. The zero-order valence-electron chi connectivity index (χ0n) is 15.2. The third kappa shape index (κ3) is 5.67. The van der Waals surface area contributed by atoms with Gasteiger partial charge in [-0.1, -0.05) is 0 Å². The minimum absolute atomic E-state index is 0.0751. The fourth-order valence-corrected chi connectivity index (χ4v) is 2.31. The monoisotopic (exact) mass is 376 g/mol. The molecule has 1 aromatic carbocycles. The summed E-state index contributed by atoms with van der Waals surface area (Å²) >= 11 is 0. The number of nitrogens with one attached hydrogen (secondary N) is 1. The molecule has 1 N–H and O–H groups in total. The van der Waals surface area contributed by atoms with Crippen LogP contribution in [0, 0.1) is 5.82 Å². The van der Waals surface area contributed by atoms with E-state index in [0.717, 1.165) is 0 Å². The number of carbonyl (C=O) groups is 3. The summed E-state index contributed by atoms with van der Waals surface area (Å²) < 4.78 is 23.3. The number of ether oxygens (including phenoxy) is 1. The van der Waals surface area contributed by atoms with Crippen LogP contribution in [-0.2, 0) is 14.3 Å². The molecule has 27 heavy (non-hydrogen) atoms. The first-order valence-electron chi connectivity index (χ1n) is 8.52. The van der Waals surface area contributed by atoms with Crippen molar-refractivity contribution in [3.05, 3.63) is 48.0 Å². The van der Waals surface area contributed by atoms with E-state index in [2.05, 4.69) is 5.32 Å². The maximum atomic E-state index is 13.0. The lowest BCUT2D eigenvalue weighted by molar-refractivity contribution is -0.138. The van der Waals surface area contributed by atoms with E-state index >= 15 is 0 Å². The second-order valence-electron chi connectivity index (χ2n) is 5.61. The average Bonchev–Trinajstić information content (AvgIpc) is 3.15. The lowest BCUT2D eigenvalue weighted by Gasteiger charge is -2.19. The van der Waals surface area contributed by atoms with Gasteiger partial charge in [-0.3, -0.25) is 9.59 Å². The highest BCUT2D eigenvalue weighted by Gasteiger charge is 2.19. The summed E-state index contributed by atoms with van der Waals surface area (Å²) in [7, 11) is 0. The minimum atomic E-state index is -0.800. The van der Waals surface area contributed by atoms with Crippen LogP contribution in [0.1, 0.15) is 24.4 Å². The molecule has 144 valence electrons. The smallest absolute Gasteiger partial charge is 0.374 e. The lowest BCUT2D eigenvalue weighted by atomic mass is 10.2. The van der Waals surface area contributed by atoms with Crippen molar-refractivity contribution in [1.82, 2.24) is 10.2 Å². The van der Waals surface area contributed by atoms with Gasteiger partial charge in [0.05, 0.1) is 6.54 Å². The number of hydrogen-bond donors (Lipinski definition) is 1. The Bertz CT molecular complexity index is 801. The number of hydrogen-bond acceptors (Lipinski definition) is 5. The highest BCUT2D eigenvalue weighted by Crippen LogP contribution is 2.22. The number of rotatable bonds is 8. The zero-order valence-corrected chi connectivity index (χ0v) is 15.2. The summed E-state index contributed by atoms with van der Waals surface area (Å²) in [5.74, 6) is -1.65. The Morgan fingerprint density at radius 1 is 1.11 bits per heavy atom. The molecule has 0 spiro atoms. The Kier molecular flexibility index (Phi) is 7.10. The third-order valence-electron chi connectivity index (χ3n) is 3.71. The number of nitrogens with zero attached hydrogens (tertiary/aromatic N) is 1. The number of benzene rings is 1. The van der Waals surface area contributed by atoms with Crippen molar-refractivity contribution in [2.24, 2.45) is 0 Å². The van der Waals surface area contributed by atoms with Gasteiger partial charge in [0.2, 0.25) is 11.7 Å². The van der Waals surface area contributed by atoms with Crippen LogP contribution in [0.5, 0.6) is 0 Å². The number of likely N-dealkylation sites (N-methyl/N-ethyl adjacent to an activating group) is 2. The fourth-order valence-electron chi connectivity index (χ4n) is 2.31. The van der Waals surface area contributed by atoms with Crippen LogP contribution in [0.15, 0.2) is 40.8 Å². The molecule has 0 atom stereocenters. The van der Waals surface area contributed by atoms with Gasteiger partial charge in [-0.2, -0.15) is 0 Å². The maximum Gasteiger partial charge on any atom is 0.374 e. The van der Waals surface area contributed by atoms with Crippen LogP contribution >= 0.6 is 0 Å². The number of halogens is 1. The largest absolute Gasteiger partial charge is 0.450 e. The third-order valence-corrected chi connectivity index (χ3v) is 3.71. The van der Waals surface area contributed by atoms with Crippen molar-refractivity contribution in [2.45, 2.75) is 13.8 Å². The average molecular weight is 376 g/mol. The predicted octanol–water partition coefficient (Wildman–Crippen LogP) is 2.23. The van der Waals surface area contributed by atoms with Crippen LogP contribution in [-0.4, -0.2) is 48.9 Å². The van der Waals surface area contributed by atoms with E-state index in [1.165, 1.54) is 35.2 Å². The predicted molar refractivity (Wildman–Crippen MR) is 95.3 cm³/mol. The molecule has 0 aliphatic rings. The van der Waals surface area contributed by atoms with Gasteiger partial charge in [0.15, 0.2) is 6.61 Å². The first-order chi connectivity index (χ1) is 12.9. The summed E-state index contributed by atoms with van der Waals surface area (Å²) in [6.07, 6.45) is 0. The second kappa shape index (κ2) is 9.51. The van der Waals surface area contributed by atoms with Crippen LogP contribution < -0.4 is 5.32 Å². The molecular formula is C19H21FN2O5. The minimum Gasteiger partial charge on any atom is -0.450 e. The molecule has 8 heteroatoms. The SMILES string of the molecule is CCNC(=O)CN(CC)C(=O)COC(=O)c1ccc(-c2ccc(F)cc2)o1. The summed E-state index contributed by atoms with van der Waals surface area (Å²) in [4.78, 5) is 37.0. The molecule has 0 unspecified atom stereocenters. The van der Waals surface area contributed by atoms with Crippen LogP contribution in [0.2, 0.25) is 0 Å². The van der Waals surface area contributed by atoms with Gasteiger partial charge >= 0.3 is 5.97 Å². The van der Waals surface area contributed by atoms with E-state index in [4.69, 9.17) is 9.15 Å². The molecule has 0 bridgehead atoms. The summed E-state index contributed by atoms with van der Waals surface area (Å²) in [5.41, 5.74) is 0.602. The fraction of sp³-hybridized carbons (Fsp3) is 0.316. The number of esters is 1. The standard InChI is InChI=1S/C19H21FN2O5/c1-3-21-17(23)11-22(4-2)18(24)12-26-19(25)16-10-9-15(27-16)13-5-7-14(20)8-6-13/h5-10H,3-4,11-12H2,1-2H3,(H,21,23). The van der Waals surface area contributed by atoms with Gasteiger partial charge < -0.3 is 19.4 Å². The van der Waals surface area contributed by atoms with Crippen LogP contribution in [0.25, 0.3) is 11.3 Å². The van der Waals surface area contributed by atoms with E-state index in [1.807, 2.05) is 0 Å². The van der Waals surface area contributed by atoms with Crippen molar-refractivity contribution in [3.8, 4) is 11.3 Å². The van der Waals surface area contributed by atoms with Gasteiger partial charge in [-0.25, -0.2) is 9.18 Å². The summed E-state index contributed by atoms with van der Waals surface area (Å²) in [6.45, 7) is 3.67. The Balaban J connectivity index is 1.92. The Morgan fingerprint density at radius 3 is 2.44 bits per heavy atom. The molecule has 1 heterocycles. The molecule has 0 aliphatic carbocycles. The van der Waals surface area contributed by atoms with Crippen molar-refractivity contribution in [2.75, 3.05) is 26.2 Å². The van der Waals surface area contributed by atoms with E-state index < -0.39 is 18.5 Å². The molecule has 1 aromatic heterocycles. The van der Waals surface area contributed by atoms with Gasteiger partial charge in [0.25, 0.3) is 5.91 Å². The molecule has 2 rings (SSSR count). The van der Waals surface area contributed by atoms with Crippen LogP contribution in [0.4, 0.5) is 4.39 Å². The van der Waals surface area contributed by atoms with Gasteiger partial charge in [-0.15, -0.1) is 0 Å². The Labute approximate surface area is 156 Å². The van der Waals surface area contributed by atoms with E-state index in [0.29, 0.717) is 24.4 Å². The molecule has 2 amide bonds. The topological polar surface area (TPSA) is 88.9 Å². The molecular weight excluding hydrogens is 355 g/mol. The summed E-state index contributed by atoms with van der Waals surface area (Å²) in [6, 6.07) is 8.57. The molecule has 7 nitrogen and oxygen atoms in total. The first-order valence-corrected chi connectivity index (χ1v) is 8.52. The first kappa shape index (κ1) is 20.2. The van der Waals surface area contributed by atoms with Crippen LogP contribution in [0.3, 0.4) is 0 Å². The number of furan rings is 1. The molecule has 0 fully saturated rings. The maximum absolute atomic E-state index is 13.0. The highest BCUT2D eigenvalue weighted by molar-refractivity contribution is 5.90. The quantitative estimate of drug-likeness (QED) is 0.714. The normalized spacial score (nSPS) is 10.3. The Morgan fingerprint density at radius 2 is 1.81 bits per heavy atom. The number of amides is 2. The van der Waals surface area contributed by atoms with Gasteiger partial charge in [-0.05, 0) is 50.2 Å². The van der Waals surface area contributed by atoms with E-state index in [9.17, 15) is 18.8 Å². The lowest BCUT2D eigenvalue weighted by Crippen LogP contribution is -2.42. The molecule has 0 aliphatic heterocycles. The molecule has 2 aromatic rings. The van der Waals surface area contributed by atoms with Gasteiger partial charge in [0.1, 0.15) is 11.6 Å². The van der Waals surface area contributed by atoms with E-state index in [-0.39, 0.29) is 24.0 Å². The van der Waals surface area contributed by atoms with Crippen molar-refractivity contribution < 1.29 is 27.9 Å². The van der Waals surface area contributed by atoms with Gasteiger partial charge in [0, 0.05) is 18.7 Å². The van der Waals surface area contributed by atoms with E-state index in [1.54, 1.807) is 19.9 Å². The highest BCUT2D eigenvalue weighted by atomic mass is 19.1. The van der Waals surface area contributed by atoms with Crippen molar-refractivity contribution >= 4 is 17.8 Å². The molecule has 0 radical (unpaired) electrons.